The molecule has 0 saturated carbocycles. The van der Waals surface area contributed by atoms with Crippen LogP contribution in [-0.2, 0) is 51.1 Å². The number of ether oxygens (including phenoxy) is 1. The SMILES string of the molecule is CCCN(CC(=O)N(CC(=O)NC)Cc1cn(C)nn1)C(=O)CN(Cc1cn(C)nn1)C(=O)CNC(=O)OCC1c2ccccc2-c2ccccc21. The number of carbonyl (C=O) groups is 5. The third-order valence-electron chi connectivity index (χ3n) is 8.55. The van der Waals surface area contributed by atoms with E-state index in [4.69, 9.17) is 4.74 Å². The zero-order valence-electron chi connectivity index (χ0n) is 29.7. The molecule has 5 rings (SSSR count). The van der Waals surface area contributed by atoms with E-state index in [1.54, 1.807) is 26.5 Å². The van der Waals surface area contributed by atoms with Gasteiger partial charge in [-0.15, -0.1) is 10.2 Å². The Morgan fingerprint density at radius 1 is 0.750 bits per heavy atom. The summed E-state index contributed by atoms with van der Waals surface area (Å²) in [4.78, 5) is 69.8. The summed E-state index contributed by atoms with van der Waals surface area (Å²) in [6.07, 6.45) is 2.99. The molecule has 4 aromatic rings. The zero-order chi connectivity index (χ0) is 37.2. The average Bonchev–Trinajstić information content (AvgIpc) is 3.84. The van der Waals surface area contributed by atoms with Crippen LogP contribution in [0.5, 0.6) is 0 Å². The molecule has 17 heteroatoms. The number of nitrogens with zero attached hydrogens (tertiary/aromatic N) is 9. The predicted octanol–water partition coefficient (Wildman–Crippen LogP) is 0.824. The molecule has 0 unspecified atom stereocenters. The Morgan fingerprint density at radius 3 is 1.79 bits per heavy atom. The molecule has 0 aliphatic heterocycles. The summed E-state index contributed by atoms with van der Waals surface area (Å²) < 4.78 is 8.54. The number of rotatable bonds is 16. The normalized spacial score (nSPS) is 11.7. The number of fused-ring (bicyclic) bond motifs is 3. The zero-order valence-corrected chi connectivity index (χ0v) is 29.7. The lowest BCUT2D eigenvalue weighted by atomic mass is 9.98. The molecule has 5 amide bonds. The first-order valence-electron chi connectivity index (χ1n) is 16.9. The monoisotopic (exact) mass is 713 g/mol. The van der Waals surface area contributed by atoms with E-state index in [1.165, 1.54) is 31.1 Å². The van der Waals surface area contributed by atoms with Crippen LogP contribution >= 0.6 is 0 Å². The lowest BCUT2D eigenvalue weighted by Gasteiger charge is -2.29. The quantitative estimate of drug-likeness (QED) is 0.168. The van der Waals surface area contributed by atoms with E-state index in [9.17, 15) is 24.0 Å². The van der Waals surface area contributed by atoms with Gasteiger partial charge in [-0.2, -0.15) is 0 Å². The average molecular weight is 714 g/mol. The van der Waals surface area contributed by atoms with Crippen LogP contribution in [0.25, 0.3) is 11.1 Å². The van der Waals surface area contributed by atoms with Crippen molar-refractivity contribution in [2.24, 2.45) is 14.1 Å². The van der Waals surface area contributed by atoms with Crippen molar-refractivity contribution in [3.05, 3.63) is 83.4 Å². The molecular formula is C35H43N11O6. The molecule has 274 valence electrons. The van der Waals surface area contributed by atoms with Crippen molar-refractivity contribution in [2.45, 2.75) is 32.4 Å². The molecule has 0 saturated heterocycles. The van der Waals surface area contributed by atoms with Gasteiger partial charge in [-0.05, 0) is 28.7 Å². The smallest absolute Gasteiger partial charge is 0.407 e. The Kier molecular flexibility index (Phi) is 12.3. The van der Waals surface area contributed by atoms with Crippen LogP contribution in [0.4, 0.5) is 4.79 Å². The van der Waals surface area contributed by atoms with E-state index in [-0.39, 0.29) is 45.2 Å². The second-order valence-electron chi connectivity index (χ2n) is 12.4. The summed E-state index contributed by atoms with van der Waals surface area (Å²) in [6, 6.07) is 15.9. The number of likely N-dealkylation sites (N-methyl/N-ethyl adjacent to an activating group) is 1. The topological polar surface area (TPSA) is 190 Å². The Labute approximate surface area is 300 Å². The number of nitrogens with one attached hydrogen (secondary N) is 2. The van der Waals surface area contributed by atoms with Gasteiger partial charge in [0.15, 0.2) is 0 Å². The maximum Gasteiger partial charge on any atom is 0.407 e. The van der Waals surface area contributed by atoms with Crippen molar-refractivity contribution in [1.82, 2.24) is 55.3 Å². The van der Waals surface area contributed by atoms with Gasteiger partial charge in [0.1, 0.15) is 31.1 Å². The molecule has 0 bridgehead atoms. The Hall–Kier alpha value is -6.13. The van der Waals surface area contributed by atoms with Gasteiger partial charge in [-0.25, -0.2) is 4.79 Å². The van der Waals surface area contributed by atoms with Gasteiger partial charge in [0.2, 0.25) is 23.6 Å². The molecule has 1 aliphatic rings. The number of aryl methyl sites for hydroxylation is 2. The van der Waals surface area contributed by atoms with Gasteiger partial charge < -0.3 is 30.1 Å². The second-order valence-corrected chi connectivity index (χ2v) is 12.4. The Bertz CT molecular complexity index is 1860. The van der Waals surface area contributed by atoms with Crippen LogP contribution in [-0.4, -0.2) is 121 Å². The fourth-order valence-corrected chi connectivity index (χ4v) is 6.04. The minimum absolute atomic E-state index is 0.00702. The summed E-state index contributed by atoms with van der Waals surface area (Å²) >= 11 is 0. The van der Waals surface area contributed by atoms with Gasteiger partial charge in [-0.3, -0.25) is 28.5 Å². The molecular weight excluding hydrogens is 670 g/mol. The van der Waals surface area contributed by atoms with E-state index in [2.05, 4.69) is 31.3 Å². The van der Waals surface area contributed by atoms with Crippen molar-refractivity contribution < 1.29 is 28.7 Å². The summed E-state index contributed by atoms with van der Waals surface area (Å²) in [5, 5.41) is 20.9. The molecule has 0 fully saturated rings. The van der Waals surface area contributed by atoms with Gasteiger partial charge in [-0.1, -0.05) is 65.9 Å². The molecule has 2 aromatic carbocycles. The third-order valence-corrected chi connectivity index (χ3v) is 8.55. The van der Waals surface area contributed by atoms with Crippen molar-refractivity contribution in [3.8, 4) is 11.1 Å². The van der Waals surface area contributed by atoms with E-state index in [0.29, 0.717) is 17.8 Å². The highest BCUT2D eigenvalue weighted by atomic mass is 16.5. The maximum absolute atomic E-state index is 13.7. The maximum atomic E-state index is 13.7. The number of carbonyl (C=O) groups excluding carboxylic acids is 5. The fourth-order valence-electron chi connectivity index (χ4n) is 6.04. The molecule has 52 heavy (non-hydrogen) atoms. The fraction of sp³-hybridized carbons (Fsp3) is 0.400. The first-order valence-corrected chi connectivity index (χ1v) is 16.9. The minimum atomic E-state index is -0.779. The highest BCUT2D eigenvalue weighted by molar-refractivity contribution is 5.91. The van der Waals surface area contributed by atoms with Crippen LogP contribution in [0.2, 0.25) is 0 Å². The van der Waals surface area contributed by atoms with Crippen LogP contribution in [0, 0.1) is 0 Å². The van der Waals surface area contributed by atoms with Gasteiger partial charge >= 0.3 is 6.09 Å². The molecule has 2 heterocycles. The molecule has 2 N–H and O–H groups in total. The van der Waals surface area contributed by atoms with Crippen LogP contribution in [0.1, 0.15) is 41.8 Å². The summed E-state index contributed by atoms with van der Waals surface area (Å²) in [5.41, 5.74) is 5.19. The number of hydrogen-bond donors (Lipinski definition) is 2. The van der Waals surface area contributed by atoms with E-state index in [1.807, 2.05) is 55.5 Å². The largest absolute Gasteiger partial charge is 0.449 e. The molecule has 0 spiro atoms. The van der Waals surface area contributed by atoms with Crippen LogP contribution < -0.4 is 10.6 Å². The summed E-state index contributed by atoms with van der Waals surface area (Å²) in [5.74, 6) is -2.11. The van der Waals surface area contributed by atoms with Crippen molar-refractivity contribution in [3.63, 3.8) is 0 Å². The number of benzene rings is 2. The van der Waals surface area contributed by atoms with Crippen molar-refractivity contribution in [2.75, 3.05) is 46.4 Å². The lowest BCUT2D eigenvalue weighted by molar-refractivity contribution is -0.145. The summed E-state index contributed by atoms with van der Waals surface area (Å²) in [6.45, 7) is 0.630. The first-order chi connectivity index (χ1) is 25.1. The molecule has 0 atom stereocenters. The van der Waals surface area contributed by atoms with Crippen molar-refractivity contribution >= 4 is 29.7 Å². The van der Waals surface area contributed by atoms with E-state index < -0.39 is 42.8 Å². The number of amides is 5. The molecule has 2 aromatic heterocycles. The molecule has 1 aliphatic carbocycles. The van der Waals surface area contributed by atoms with Crippen LogP contribution in [0.3, 0.4) is 0 Å². The van der Waals surface area contributed by atoms with Crippen LogP contribution in [0.15, 0.2) is 60.9 Å². The first kappa shape index (κ1) is 37.1. The Balaban J connectivity index is 1.22. The minimum Gasteiger partial charge on any atom is -0.449 e. The number of aromatic nitrogens is 6. The Morgan fingerprint density at radius 2 is 1.27 bits per heavy atom. The lowest BCUT2D eigenvalue weighted by Crippen LogP contribution is -2.50. The van der Waals surface area contributed by atoms with E-state index >= 15 is 0 Å². The van der Waals surface area contributed by atoms with Gasteiger partial charge in [0.05, 0.1) is 26.2 Å². The van der Waals surface area contributed by atoms with Gasteiger partial charge in [0.25, 0.3) is 0 Å². The number of hydrogen-bond acceptors (Lipinski definition) is 10. The van der Waals surface area contributed by atoms with E-state index in [0.717, 1.165) is 22.3 Å². The highest BCUT2D eigenvalue weighted by Crippen LogP contribution is 2.44. The third kappa shape index (κ3) is 9.35. The highest BCUT2D eigenvalue weighted by Gasteiger charge is 2.30. The molecule has 17 nitrogen and oxygen atoms in total. The molecule has 0 radical (unpaired) electrons. The van der Waals surface area contributed by atoms with Gasteiger partial charge in [0, 0.05) is 46.0 Å². The summed E-state index contributed by atoms with van der Waals surface area (Å²) in [7, 11) is 4.82. The standard InChI is InChI=1S/C35H43N11O6/c1-5-14-44(21-34(50)45(20-31(47)36-2)18-24-16-42(3)40-38-24)33(49)22-46(19-25-17-43(4)41-39-25)32(48)15-37-35(51)52-23-30-28-12-8-6-10-26(28)27-11-7-9-13-29(27)30/h6-13,16-17,30H,5,14-15,18-23H2,1-4H3,(H,36,47)(H,37,51). The van der Waals surface area contributed by atoms with Crippen molar-refractivity contribution in [1.29, 1.82) is 0 Å². The second kappa shape index (κ2) is 17.2. The predicted molar refractivity (Wildman–Crippen MR) is 187 cm³/mol. The number of alkyl carbamates (subject to hydrolysis) is 1.